The van der Waals surface area contributed by atoms with E-state index in [2.05, 4.69) is 21.9 Å². The minimum absolute atomic E-state index is 0.537. The van der Waals surface area contributed by atoms with Crippen LogP contribution in [0.25, 0.3) is 0 Å². The fourth-order valence-electron chi connectivity index (χ4n) is 6.53. The number of anilines is 2. The number of phenolic OH excluding ortho intramolecular Hbond substituents is 1. The van der Waals surface area contributed by atoms with Crippen molar-refractivity contribution in [2.75, 3.05) is 43.1 Å². The lowest BCUT2D eigenvalue weighted by atomic mass is 9.85. The maximum absolute atomic E-state index is 11.3. The van der Waals surface area contributed by atoms with Crippen molar-refractivity contribution in [2.24, 2.45) is 0 Å². The van der Waals surface area contributed by atoms with E-state index in [9.17, 15) is 5.11 Å². The molecule has 4 heteroatoms. The van der Waals surface area contributed by atoms with Crippen LogP contribution in [0, 0.1) is 0 Å². The second kappa shape index (κ2) is 7.11. The molecule has 4 aliphatic heterocycles. The molecule has 0 atom stereocenters. The van der Waals surface area contributed by atoms with Crippen LogP contribution in [0.1, 0.15) is 59.1 Å². The minimum Gasteiger partial charge on any atom is -0.507 e. The van der Waals surface area contributed by atoms with E-state index in [1.165, 1.54) is 71.5 Å². The number of aryl methyl sites for hydroxylation is 2. The Balaban J connectivity index is 1.46. The fraction of sp³-hybridized carbons (Fsp3) is 0.538. The van der Waals surface area contributed by atoms with E-state index < -0.39 is 0 Å². The fourth-order valence-corrected chi connectivity index (χ4v) is 6.53. The summed E-state index contributed by atoms with van der Waals surface area (Å²) in [7, 11) is 1.82. The van der Waals surface area contributed by atoms with Gasteiger partial charge in [0, 0.05) is 55.1 Å². The number of benzene rings is 2. The van der Waals surface area contributed by atoms with Gasteiger partial charge in [0.15, 0.2) is 0 Å². The highest BCUT2D eigenvalue weighted by Gasteiger charge is 2.30. The number of phenols is 1. The zero-order chi connectivity index (χ0) is 20.2. The molecule has 0 aromatic heterocycles. The second-order valence-corrected chi connectivity index (χ2v) is 9.49. The monoisotopic (exact) mass is 404 g/mol. The van der Waals surface area contributed by atoms with Crippen molar-refractivity contribution in [3.8, 4) is 11.5 Å². The maximum atomic E-state index is 11.3. The van der Waals surface area contributed by atoms with Crippen LogP contribution in [-0.2, 0) is 32.1 Å². The van der Waals surface area contributed by atoms with Gasteiger partial charge in [-0.25, -0.2) is 0 Å². The van der Waals surface area contributed by atoms with Crippen LogP contribution < -0.4 is 14.5 Å². The molecular weight excluding hydrogens is 372 g/mol. The Labute approximate surface area is 179 Å². The van der Waals surface area contributed by atoms with E-state index in [1.807, 2.05) is 7.11 Å². The zero-order valence-corrected chi connectivity index (χ0v) is 18.1. The second-order valence-electron chi connectivity index (χ2n) is 9.49. The average molecular weight is 405 g/mol. The third-order valence-electron chi connectivity index (χ3n) is 7.71. The van der Waals surface area contributed by atoms with Crippen LogP contribution in [0.3, 0.4) is 0 Å². The summed E-state index contributed by atoms with van der Waals surface area (Å²) in [4.78, 5) is 5.07. The first-order valence-electron chi connectivity index (χ1n) is 11.8. The number of ether oxygens (including phenoxy) is 1. The summed E-state index contributed by atoms with van der Waals surface area (Å²) in [5.41, 5.74) is 10.6. The molecule has 0 unspecified atom stereocenters. The first kappa shape index (κ1) is 18.4. The largest absolute Gasteiger partial charge is 0.507 e. The summed E-state index contributed by atoms with van der Waals surface area (Å²) in [6.07, 6.45) is 9.96. The number of nitrogens with zero attached hydrogens (tertiary/aromatic N) is 2. The van der Waals surface area contributed by atoms with Gasteiger partial charge in [0.2, 0.25) is 0 Å². The molecule has 30 heavy (non-hydrogen) atoms. The van der Waals surface area contributed by atoms with Gasteiger partial charge in [-0.2, -0.15) is 0 Å². The average Bonchev–Trinajstić information content (AvgIpc) is 2.78. The van der Waals surface area contributed by atoms with Gasteiger partial charge in [0.1, 0.15) is 11.5 Å². The Kier molecular flexibility index (Phi) is 4.36. The van der Waals surface area contributed by atoms with Crippen LogP contribution in [-0.4, -0.2) is 38.4 Å². The first-order valence-corrected chi connectivity index (χ1v) is 11.8. The smallest absolute Gasteiger partial charge is 0.127 e. The molecule has 4 nitrogen and oxygen atoms in total. The van der Waals surface area contributed by atoms with Gasteiger partial charge in [-0.15, -0.1) is 0 Å². The Morgan fingerprint density at radius 1 is 0.767 bits per heavy atom. The van der Waals surface area contributed by atoms with Gasteiger partial charge in [-0.05, 0) is 85.8 Å². The predicted octanol–water partition coefficient (Wildman–Crippen LogP) is 4.39. The summed E-state index contributed by atoms with van der Waals surface area (Å²) >= 11 is 0. The van der Waals surface area contributed by atoms with Crippen LogP contribution in [0.4, 0.5) is 11.4 Å². The Hall–Kier alpha value is -2.36. The quantitative estimate of drug-likeness (QED) is 0.823. The molecule has 4 heterocycles. The molecule has 4 aliphatic rings. The van der Waals surface area contributed by atoms with Crippen molar-refractivity contribution in [1.29, 1.82) is 0 Å². The van der Waals surface area contributed by atoms with Crippen LogP contribution in [0.5, 0.6) is 11.5 Å². The highest BCUT2D eigenvalue weighted by Crippen LogP contribution is 2.46. The van der Waals surface area contributed by atoms with Crippen molar-refractivity contribution in [1.82, 2.24) is 0 Å². The molecule has 0 radical (unpaired) electrons. The van der Waals surface area contributed by atoms with Crippen molar-refractivity contribution >= 4 is 11.4 Å². The van der Waals surface area contributed by atoms with Crippen LogP contribution in [0.15, 0.2) is 12.1 Å². The van der Waals surface area contributed by atoms with Gasteiger partial charge >= 0.3 is 0 Å². The normalized spacial score (nSPS) is 19.4. The minimum atomic E-state index is 0.537. The van der Waals surface area contributed by atoms with Crippen molar-refractivity contribution in [3.63, 3.8) is 0 Å². The molecule has 6 rings (SSSR count). The number of aromatic hydroxyl groups is 1. The van der Waals surface area contributed by atoms with E-state index in [0.29, 0.717) is 5.75 Å². The molecule has 158 valence electrons. The van der Waals surface area contributed by atoms with Gasteiger partial charge in [-0.3, -0.25) is 0 Å². The van der Waals surface area contributed by atoms with E-state index in [1.54, 1.807) is 0 Å². The Morgan fingerprint density at radius 3 is 1.93 bits per heavy atom. The summed E-state index contributed by atoms with van der Waals surface area (Å²) in [5, 5.41) is 11.3. The third kappa shape index (κ3) is 2.72. The number of rotatable bonds is 3. The van der Waals surface area contributed by atoms with E-state index in [4.69, 9.17) is 4.74 Å². The van der Waals surface area contributed by atoms with Gasteiger partial charge in [0.05, 0.1) is 7.11 Å². The Bertz CT molecular complexity index is 1010. The van der Waals surface area contributed by atoms with Gasteiger partial charge < -0.3 is 19.6 Å². The standard InChI is InChI=1S/C26H32N2O2/c1-30-26-20(15-18-7-3-11-28-13-5-9-22(26)24(18)28)16-19-14-17-6-2-10-27-12-4-8-21(23(17)27)25(19)29/h14-15,29H,2-13,16H2,1H3. The zero-order valence-electron chi connectivity index (χ0n) is 18.1. The molecule has 0 bridgehead atoms. The predicted molar refractivity (Wildman–Crippen MR) is 122 cm³/mol. The summed E-state index contributed by atoms with van der Waals surface area (Å²) in [6.45, 7) is 4.62. The van der Waals surface area contributed by atoms with E-state index >= 15 is 0 Å². The summed E-state index contributed by atoms with van der Waals surface area (Å²) in [6, 6.07) is 4.67. The molecule has 0 aliphatic carbocycles. The lowest BCUT2D eigenvalue weighted by Crippen LogP contribution is -2.35. The molecule has 0 spiro atoms. The van der Waals surface area contributed by atoms with E-state index in [-0.39, 0.29) is 0 Å². The number of methoxy groups -OCH3 is 1. The number of hydrogen-bond donors (Lipinski definition) is 1. The number of hydrogen-bond acceptors (Lipinski definition) is 4. The molecule has 0 fully saturated rings. The third-order valence-corrected chi connectivity index (χ3v) is 7.71. The van der Waals surface area contributed by atoms with Gasteiger partial charge in [-0.1, -0.05) is 0 Å². The maximum Gasteiger partial charge on any atom is 0.127 e. The molecule has 0 saturated heterocycles. The van der Waals surface area contributed by atoms with Crippen molar-refractivity contribution < 1.29 is 9.84 Å². The molecule has 2 aromatic carbocycles. The van der Waals surface area contributed by atoms with E-state index in [0.717, 1.165) is 62.9 Å². The van der Waals surface area contributed by atoms with Crippen LogP contribution >= 0.6 is 0 Å². The molecule has 2 aromatic rings. The Morgan fingerprint density at radius 2 is 1.30 bits per heavy atom. The lowest BCUT2D eigenvalue weighted by molar-refractivity contribution is 0.402. The highest BCUT2D eigenvalue weighted by molar-refractivity contribution is 5.72. The summed E-state index contributed by atoms with van der Waals surface area (Å²) in [5.74, 6) is 1.60. The lowest BCUT2D eigenvalue weighted by Gasteiger charge is -2.38. The highest BCUT2D eigenvalue weighted by atomic mass is 16.5. The molecular formula is C26H32N2O2. The molecule has 0 amide bonds. The van der Waals surface area contributed by atoms with Crippen LogP contribution in [0.2, 0.25) is 0 Å². The van der Waals surface area contributed by atoms with Crippen molar-refractivity contribution in [2.45, 2.75) is 57.8 Å². The van der Waals surface area contributed by atoms with Crippen molar-refractivity contribution in [3.05, 3.63) is 45.5 Å². The molecule has 1 N–H and O–H groups in total. The first-order chi connectivity index (χ1) is 14.7. The summed E-state index contributed by atoms with van der Waals surface area (Å²) < 4.78 is 6.01. The van der Waals surface area contributed by atoms with Gasteiger partial charge in [0.25, 0.3) is 0 Å². The topological polar surface area (TPSA) is 35.9 Å². The SMILES string of the molecule is COc1c(Cc2cc3c4c(c2O)CCCN4CCC3)cc2c3c1CCCN3CCC2. The molecule has 0 saturated carbocycles.